The minimum absolute atomic E-state index is 0.0783. The van der Waals surface area contributed by atoms with E-state index in [2.05, 4.69) is 31.5 Å². The van der Waals surface area contributed by atoms with Crippen LogP contribution in [-0.2, 0) is 16.8 Å². The average molecular weight is 545 g/mol. The lowest BCUT2D eigenvalue weighted by Crippen LogP contribution is -2.64. The molecule has 3 N–H and O–H groups in total. The van der Waals surface area contributed by atoms with E-state index in [9.17, 15) is 13.5 Å². The zero-order chi connectivity index (χ0) is 25.7. The molecule has 3 aliphatic rings. The first-order valence-electron chi connectivity index (χ1n) is 12.3. The Morgan fingerprint density at radius 1 is 1.30 bits per heavy atom. The zero-order valence-electron chi connectivity index (χ0n) is 20.3. The number of anilines is 3. The van der Waals surface area contributed by atoms with Gasteiger partial charge in [-0.3, -0.25) is 5.10 Å². The van der Waals surface area contributed by atoms with Crippen molar-refractivity contribution in [3.63, 3.8) is 0 Å². The van der Waals surface area contributed by atoms with Crippen molar-refractivity contribution in [3.8, 4) is 6.07 Å². The number of nitrogens with one attached hydrogen (secondary N) is 2. The number of nitrogens with zero attached hydrogens (tertiary/aromatic N) is 8. The fraction of sp³-hybridized carbons (Fsp3) is 0.591. The summed E-state index contributed by atoms with van der Waals surface area (Å²) in [5, 5.41) is 28.5. The van der Waals surface area contributed by atoms with Crippen LogP contribution in [0.2, 0.25) is 0 Å². The van der Waals surface area contributed by atoms with Gasteiger partial charge in [-0.05, 0) is 25.7 Å². The monoisotopic (exact) mass is 544 g/mol. The molecule has 3 aromatic heterocycles. The van der Waals surface area contributed by atoms with Gasteiger partial charge in [-0.25, -0.2) is 4.98 Å². The molecule has 2 bridgehead atoms. The summed E-state index contributed by atoms with van der Waals surface area (Å²) < 4.78 is 30.0. The predicted molar refractivity (Wildman–Crippen MR) is 137 cm³/mol. The van der Waals surface area contributed by atoms with E-state index < -0.39 is 10.2 Å². The second-order valence-electron chi connectivity index (χ2n) is 9.90. The van der Waals surface area contributed by atoms with Crippen molar-refractivity contribution in [1.29, 1.82) is 5.26 Å². The Morgan fingerprint density at radius 2 is 2.05 bits per heavy atom. The number of fused-ring (bicyclic) bond motifs is 3. The van der Waals surface area contributed by atoms with Crippen LogP contribution in [0, 0.1) is 17.2 Å². The van der Waals surface area contributed by atoms with Crippen LogP contribution in [0.1, 0.15) is 37.8 Å². The van der Waals surface area contributed by atoms with E-state index >= 15 is 0 Å². The molecule has 0 radical (unpaired) electrons. The van der Waals surface area contributed by atoms with Crippen molar-refractivity contribution in [2.75, 3.05) is 30.4 Å². The summed E-state index contributed by atoms with van der Waals surface area (Å²) in [6, 6.07) is 3.77. The number of nitriles is 1. The first-order chi connectivity index (χ1) is 17.9. The van der Waals surface area contributed by atoms with Gasteiger partial charge in [0, 0.05) is 44.3 Å². The Bertz CT molecular complexity index is 1430. The molecule has 0 unspecified atom stereocenters. The number of rotatable bonds is 7. The van der Waals surface area contributed by atoms with Crippen LogP contribution in [-0.4, -0.2) is 85.5 Å². The SMILES string of the molecule is CN(c1nc(Nc2cc(CO)[nH]n2)c2ncsc2n1)[C@@H]1C[C@H]2CCC[C@@H](C1)N2S(=O)(=O)N1CC(C#N)C1. The van der Waals surface area contributed by atoms with E-state index in [1.165, 1.54) is 15.6 Å². The predicted octanol–water partition coefficient (Wildman–Crippen LogP) is 1.57. The fourth-order valence-corrected chi connectivity index (χ4v) is 8.42. The maximum atomic E-state index is 13.4. The molecular weight excluding hydrogens is 516 g/mol. The third-order valence-electron chi connectivity index (χ3n) is 7.60. The molecule has 15 heteroatoms. The second-order valence-corrected chi connectivity index (χ2v) is 12.6. The molecule has 3 fully saturated rings. The topological polar surface area (TPSA) is 167 Å². The molecule has 3 aromatic rings. The number of aromatic amines is 1. The van der Waals surface area contributed by atoms with Crippen LogP contribution >= 0.6 is 11.3 Å². The second kappa shape index (κ2) is 9.44. The van der Waals surface area contributed by atoms with Crippen molar-refractivity contribution >= 4 is 49.5 Å². The van der Waals surface area contributed by atoms with Crippen LogP contribution in [0.4, 0.5) is 17.6 Å². The molecule has 196 valence electrons. The Balaban J connectivity index is 1.24. The molecule has 0 aromatic carbocycles. The van der Waals surface area contributed by atoms with Crippen molar-refractivity contribution in [3.05, 3.63) is 17.3 Å². The molecule has 6 rings (SSSR count). The molecule has 37 heavy (non-hydrogen) atoms. The van der Waals surface area contributed by atoms with Crippen LogP contribution in [0.15, 0.2) is 11.6 Å². The number of aromatic nitrogens is 5. The van der Waals surface area contributed by atoms with Crippen LogP contribution in [0.25, 0.3) is 10.3 Å². The van der Waals surface area contributed by atoms with E-state index in [1.54, 1.807) is 15.9 Å². The highest BCUT2D eigenvalue weighted by Gasteiger charge is 2.50. The van der Waals surface area contributed by atoms with Gasteiger partial charge in [0.1, 0.15) is 5.52 Å². The minimum Gasteiger partial charge on any atom is -0.390 e. The maximum absolute atomic E-state index is 13.4. The number of H-pyrrole nitrogens is 1. The molecule has 6 heterocycles. The summed E-state index contributed by atoms with van der Waals surface area (Å²) in [5.74, 6) is 1.37. The van der Waals surface area contributed by atoms with Gasteiger partial charge in [0.05, 0.1) is 29.8 Å². The standard InChI is InChI=1S/C22H28N10O3S2/c1-30(22-26-20(19-21(27-22)36-12-24-19)25-18-5-14(11-33)28-29-18)17-6-15-3-2-4-16(7-17)32(15)37(34,35)31-9-13(8-23)10-31/h5,12-13,15-17,33H,2-4,6-7,9-11H2,1H3,(H2,25,26,27,28,29)/t15-,16+,17-. The summed E-state index contributed by atoms with van der Waals surface area (Å²) in [6.07, 6.45) is 4.03. The first-order valence-corrected chi connectivity index (χ1v) is 14.6. The van der Waals surface area contributed by atoms with Gasteiger partial charge < -0.3 is 15.3 Å². The molecule has 0 amide bonds. The number of thiazole rings is 1. The summed E-state index contributed by atoms with van der Waals surface area (Å²) >= 11 is 1.42. The Morgan fingerprint density at radius 3 is 2.73 bits per heavy atom. The number of piperidine rings is 2. The summed E-state index contributed by atoms with van der Waals surface area (Å²) in [7, 11) is -1.62. The third kappa shape index (κ3) is 4.32. The van der Waals surface area contributed by atoms with E-state index in [0.29, 0.717) is 41.6 Å². The van der Waals surface area contributed by atoms with Crippen LogP contribution < -0.4 is 10.2 Å². The number of aliphatic hydroxyl groups excluding tert-OH is 1. The van der Waals surface area contributed by atoms with Gasteiger partial charge in [-0.2, -0.15) is 37.4 Å². The third-order valence-corrected chi connectivity index (χ3v) is 10.4. The summed E-state index contributed by atoms with van der Waals surface area (Å²) in [5.41, 5.74) is 2.94. The number of aliphatic hydroxyl groups is 1. The van der Waals surface area contributed by atoms with Crippen LogP contribution in [0.3, 0.4) is 0 Å². The van der Waals surface area contributed by atoms with Gasteiger partial charge in [-0.1, -0.05) is 6.42 Å². The molecule has 0 aliphatic carbocycles. The average Bonchev–Trinajstić information content (AvgIpc) is 3.51. The quantitative estimate of drug-likeness (QED) is 0.397. The van der Waals surface area contributed by atoms with Crippen LogP contribution in [0.5, 0.6) is 0 Å². The molecule has 3 aliphatic heterocycles. The molecule has 13 nitrogen and oxygen atoms in total. The molecule has 0 saturated carbocycles. The van der Waals surface area contributed by atoms with Crippen molar-refractivity contribution in [2.24, 2.45) is 5.92 Å². The van der Waals surface area contributed by atoms with Gasteiger partial charge in [-0.15, -0.1) is 11.3 Å². The van der Waals surface area contributed by atoms with E-state index in [-0.39, 0.29) is 43.7 Å². The minimum atomic E-state index is -3.58. The number of hydrogen-bond acceptors (Lipinski definition) is 11. The Labute approximate surface area is 218 Å². The lowest BCUT2D eigenvalue weighted by Gasteiger charge is -2.51. The smallest absolute Gasteiger partial charge is 0.282 e. The summed E-state index contributed by atoms with van der Waals surface area (Å²) in [4.78, 5) is 16.7. The molecule has 3 atom stereocenters. The first kappa shape index (κ1) is 24.4. The van der Waals surface area contributed by atoms with E-state index in [4.69, 9.17) is 15.2 Å². The fourth-order valence-electron chi connectivity index (χ4n) is 5.63. The molecular formula is C22H28N10O3S2. The largest absolute Gasteiger partial charge is 0.390 e. The van der Waals surface area contributed by atoms with Gasteiger partial charge in [0.25, 0.3) is 10.2 Å². The highest BCUT2D eigenvalue weighted by molar-refractivity contribution is 7.86. The lowest BCUT2D eigenvalue weighted by molar-refractivity contribution is 0.0930. The molecule has 3 saturated heterocycles. The normalized spacial score (nSPS) is 25.1. The Hall–Kier alpha value is -2.90. The maximum Gasteiger partial charge on any atom is 0.282 e. The Kier molecular flexibility index (Phi) is 6.24. The lowest BCUT2D eigenvalue weighted by atomic mass is 9.83. The van der Waals surface area contributed by atoms with Gasteiger partial charge in [0.15, 0.2) is 16.5 Å². The number of hydrogen-bond donors (Lipinski definition) is 3. The van der Waals surface area contributed by atoms with Gasteiger partial charge >= 0.3 is 0 Å². The van der Waals surface area contributed by atoms with E-state index in [0.717, 1.165) is 24.1 Å². The van der Waals surface area contributed by atoms with Crippen molar-refractivity contribution in [2.45, 2.75) is 56.8 Å². The highest BCUT2D eigenvalue weighted by Crippen LogP contribution is 2.40. The highest BCUT2D eigenvalue weighted by atomic mass is 32.2. The summed E-state index contributed by atoms with van der Waals surface area (Å²) in [6.45, 7) is 0.421. The van der Waals surface area contributed by atoms with E-state index in [1.807, 2.05) is 7.05 Å². The van der Waals surface area contributed by atoms with Gasteiger partial charge in [0.2, 0.25) is 5.95 Å². The van der Waals surface area contributed by atoms with Crippen molar-refractivity contribution < 1.29 is 13.5 Å². The zero-order valence-corrected chi connectivity index (χ0v) is 21.9. The molecule has 0 spiro atoms. The van der Waals surface area contributed by atoms with Crippen molar-refractivity contribution in [1.82, 2.24) is 33.8 Å².